The standard InChI is InChI=1S/C7H13NO2/c9-7(6-5-10-6)1-3-8-4-2-7/h6,8-9H,1-5H2. The zero-order valence-electron chi connectivity index (χ0n) is 5.97. The Bertz CT molecular complexity index is 128. The molecule has 2 rings (SSSR count). The summed E-state index contributed by atoms with van der Waals surface area (Å²) in [6, 6.07) is 0. The highest BCUT2D eigenvalue weighted by Crippen LogP contribution is 2.31. The lowest BCUT2D eigenvalue weighted by atomic mass is 9.89. The lowest BCUT2D eigenvalue weighted by Crippen LogP contribution is -2.45. The van der Waals surface area contributed by atoms with Crippen LogP contribution in [0.2, 0.25) is 0 Å². The van der Waals surface area contributed by atoms with Gasteiger partial charge in [0.05, 0.1) is 12.2 Å². The molecule has 2 heterocycles. The SMILES string of the molecule is OC1(C2CO2)CCNCC1. The van der Waals surface area contributed by atoms with Gasteiger partial charge in [-0.3, -0.25) is 0 Å². The number of nitrogens with one attached hydrogen (secondary N) is 1. The van der Waals surface area contributed by atoms with Crippen molar-refractivity contribution in [2.75, 3.05) is 19.7 Å². The third kappa shape index (κ3) is 1.05. The summed E-state index contributed by atoms with van der Waals surface area (Å²) in [6.07, 6.45) is 1.84. The van der Waals surface area contributed by atoms with Crippen molar-refractivity contribution in [3.05, 3.63) is 0 Å². The minimum Gasteiger partial charge on any atom is -0.387 e. The Morgan fingerprint density at radius 2 is 2.00 bits per heavy atom. The molecule has 2 fully saturated rings. The van der Waals surface area contributed by atoms with E-state index >= 15 is 0 Å². The van der Waals surface area contributed by atoms with E-state index in [9.17, 15) is 5.11 Å². The van der Waals surface area contributed by atoms with Crippen LogP contribution < -0.4 is 5.32 Å². The van der Waals surface area contributed by atoms with Gasteiger partial charge in [-0.25, -0.2) is 0 Å². The second-order valence-corrected chi connectivity index (χ2v) is 3.18. The van der Waals surface area contributed by atoms with Crippen LogP contribution in [-0.2, 0) is 4.74 Å². The molecule has 3 heteroatoms. The lowest BCUT2D eigenvalue weighted by molar-refractivity contribution is -0.0146. The first-order valence-corrected chi connectivity index (χ1v) is 3.86. The quantitative estimate of drug-likeness (QED) is 0.486. The van der Waals surface area contributed by atoms with Gasteiger partial charge in [0.15, 0.2) is 0 Å². The van der Waals surface area contributed by atoms with E-state index < -0.39 is 5.60 Å². The number of piperidine rings is 1. The van der Waals surface area contributed by atoms with Gasteiger partial charge in [0.25, 0.3) is 0 Å². The second kappa shape index (κ2) is 2.19. The van der Waals surface area contributed by atoms with Gasteiger partial charge in [-0.1, -0.05) is 0 Å². The van der Waals surface area contributed by atoms with Gasteiger partial charge >= 0.3 is 0 Å². The summed E-state index contributed by atoms with van der Waals surface area (Å²) in [4.78, 5) is 0. The van der Waals surface area contributed by atoms with E-state index in [1.807, 2.05) is 0 Å². The van der Waals surface area contributed by atoms with Crippen LogP contribution in [0.5, 0.6) is 0 Å². The van der Waals surface area contributed by atoms with Gasteiger partial charge in [0, 0.05) is 0 Å². The molecule has 0 aromatic rings. The monoisotopic (exact) mass is 143 g/mol. The zero-order chi connectivity index (χ0) is 7.03. The molecule has 3 nitrogen and oxygen atoms in total. The van der Waals surface area contributed by atoms with Crippen molar-refractivity contribution in [3.8, 4) is 0 Å². The normalized spacial score (nSPS) is 37.5. The maximum absolute atomic E-state index is 9.85. The van der Waals surface area contributed by atoms with Crippen LogP contribution in [0, 0.1) is 0 Å². The number of hydrogen-bond acceptors (Lipinski definition) is 3. The van der Waals surface area contributed by atoms with E-state index in [-0.39, 0.29) is 6.10 Å². The van der Waals surface area contributed by atoms with Gasteiger partial charge < -0.3 is 15.2 Å². The fraction of sp³-hybridized carbons (Fsp3) is 1.00. The summed E-state index contributed by atoms with van der Waals surface area (Å²) in [7, 11) is 0. The summed E-state index contributed by atoms with van der Waals surface area (Å²) in [6.45, 7) is 2.61. The van der Waals surface area contributed by atoms with Crippen LogP contribution in [0.15, 0.2) is 0 Å². The van der Waals surface area contributed by atoms with E-state index in [4.69, 9.17) is 4.74 Å². The maximum Gasteiger partial charge on any atom is 0.110 e. The maximum atomic E-state index is 9.85. The Morgan fingerprint density at radius 1 is 1.40 bits per heavy atom. The van der Waals surface area contributed by atoms with Gasteiger partial charge in [-0.15, -0.1) is 0 Å². The Kier molecular flexibility index (Phi) is 1.44. The smallest absolute Gasteiger partial charge is 0.110 e. The molecule has 0 aromatic heterocycles. The lowest BCUT2D eigenvalue weighted by Gasteiger charge is -2.30. The largest absolute Gasteiger partial charge is 0.387 e. The molecule has 0 spiro atoms. The average molecular weight is 143 g/mol. The molecule has 2 N–H and O–H groups in total. The Balaban J connectivity index is 1.97. The molecule has 58 valence electrons. The number of rotatable bonds is 1. The molecule has 2 aliphatic rings. The predicted octanol–water partition coefficient (Wildman–Crippen LogP) is -0.500. The summed E-state index contributed by atoms with van der Waals surface area (Å²) < 4.78 is 5.07. The van der Waals surface area contributed by atoms with Crippen LogP contribution in [0.25, 0.3) is 0 Å². The van der Waals surface area contributed by atoms with Crippen molar-refractivity contribution in [2.24, 2.45) is 0 Å². The molecule has 0 bridgehead atoms. The first-order chi connectivity index (χ1) is 4.81. The molecule has 1 atom stereocenters. The van der Waals surface area contributed by atoms with Crippen LogP contribution in [0.3, 0.4) is 0 Å². The molecule has 0 amide bonds. The van der Waals surface area contributed by atoms with Gasteiger partial charge in [-0.2, -0.15) is 0 Å². The molecule has 0 aliphatic carbocycles. The molecular weight excluding hydrogens is 130 g/mol. The van der Waals surface area contributed by atoms with Gasteiger partial charge in [0.1, 0.15) is 6.10 Å². The van der Waals surface area contributed by atoms with E-state index in [0.717, 1.165) is 32.5 Å². The summed E-state index contributed by atoms with van der Waals surface area (Å²) >= 11 is 0. The number of epoxide rings is 1. The van der Waals surface area contributed by atoms with Crippen molar-refractivity contribution >= 4 is 0 Å². The zero-order valence-corrected chi connectivity index (χ0v) is 5.97. The molecular formula is C7H13NO2. The van der Waals surface area contributed by atoms with Crippen molar-refractivity contribution in [3.63, 3.8) is 0 Å². The van der Waals surface area contributed by atoms with Crippen LogP contribution in [0.4, 0.5) is 0 Å². The van der Waals surface area contributed by atoms with Crippen molar-refractivity contribution < 1.29 is 9.84 Å². The van der Waals surface area contributed by atoms with Crippen molar-refractivity contribution in [2.45, 2.75) is 24.5 Å². The van der Waals surface area contributed by atoms with E-state index in [1.165, 1.54) is 0 Å². The summed E-state index contributed by atoms with van der Waals surface area (Å²) in [5.41, 5.74) is -0.495. The minimum absolute atomic E-state index is 0.148. The number of ether oxygens (including phenoxy) is 1. The third-order valence-corrected chi connectivity index (χ3v) is 2.40. The van der Waals surface area contributed by atoms with Gasteiger partial charge in [0.2, 0.25) is 0 Å². The third-order valence-electron chi connectivity index (χ3n) is 2.40. The summed E-state index contributed by atoms with van der Waals surface area (Å²) in [5.74, 6) is 0. The van der Waals surface area contributed by atoms with Crippen molar-refractivity contribution in [1.82, 2.24) is 5.32 Å². The second-order valence-electron chi connectivity index (χ2n) is 3.18. The van der Waals surface area contributed by atoms with E-state index in [2.05, 4.69) is 5.32 Å². The highest BCUT2D eigenvalue weighted by Gasteiger charge is 2.45. The van der Waals surface area contributed by atoms with Crippen LogP contribution in [0.1, 0.15) is 12.8 Å². The molecule has 0 saturated carbocycles. The number of aliphatic hydroxyl groups is 1. The topological polar surface area (TPSA) is 44.8 Å². The highest BCUT2D eigenvalue weighted by molar-refractivity contribution is 4.96. The average Bonchev–Trinajstić information content (AvgIpc) is 2.69. The highest BCUT2D eigenvalue weighted by atomic mass is 16.6. The van der Waals surface area contributed by atoms with Gasteiger partial charge in [-0.05, 0) is 25.9 Å². The molecule has 0 radical (unpaired) electrons. The predicted molar refractivity (Wildman–Crippen MR) is 36.8 cm³/mol. The fourth-order valence-corrected chi connectivity index (χ4v) is 1.54. The molecule has 2 saturated heterocycles. The first-order valence-electron chi connectivity index (χ1n) is 3.86. The molecule has 2 aliphatic heterocycles. The first kappa shape index (κ1) is 6.58. The summed E-state index contributed by atoms with van der Waals surface area (Å²) in [5, 5.41) is 13.1. The Hall–Kier alpha value is -0.120. The minimum atomic E-state index is -0.495. The molecule has 10 heavy (non-hydrogen) atoms. The fourth-order valence-electron chi connectivity index (χ4n) is 1.54. The van der Waals surface area contributed by atoms with Crippen molar-refractivity contribution in [1.29, 1.82) is 0 Å². The Morgan fingerprint density at radius 3 is 2.50 bits per heavy atom. The molecule has 0 aromatic carbocycles. The van der Waals surface area contributed by atoms with E-state index in [1.54, 1.807) is 0 Å². The van der Waals surface area contributed by atoms with Crippen LogP contribution >= 0.6 is 0 Å². The van der Waals surface area contributed by atoms with Crippen LogP contribution in [-0.4, -0.2) is 36.5 Å². The Labute approximate surface area is 60.4 Å². The molecule has 1 unspecified atom stereocenters. The van der Waals surface area contributed by atoms with E-state index in [0.29, 0.717) is 0 Å². The number of hydrogen-bond donors (Lipinski definition) is 2.